The molecule has 0 unspecified atom stereocenters. The van der Waals surface area contributed by atoms with Crippen LogP contribution in [0.25, 0.3) is 0 Å². The Hall–Kier alpha value is -1.71. The fourth-order valence-corrected chi connectivity index (χ4v) is 2.92. The van der Waals surface area contributed by atoms with Crippen molar-refractivity contribution in [3.8, 4) is 11.5 Å². The van der Waals surface area contributed by atoms with E-state index in [1.54, 1.807) is 11.8 Å². The third kappa shape index (κ3) is 4.13. The Morgan fingerprint density at radius 3 is 1.76 bits per heavy atom. The lowest BCUT2D eigenvalue weighted by molar-refractivity contribution is 0.482. The van der Waals surface area contributed by atoms with E-state index in [0.29, 0.717) is 0 Å². The standard InChI is InChI=1S/C18H13BrOS/c19-14-6-10-17(11-7-14)21-18-12-8-16(9-13-18)20-15-4-2-1-3-5-15/h1-13H. The lowest BCUT2D eigenvalue weighted by Gasteiger charge is -2.06. The molecule has 0 N–H and O–H groups in total. The molecule has 0 spiro atoms. The minimum atomic E-state index is 0.848. The van der Waals surface area contributed by atoms with Crippen LogP contribution in [-0.2, 0) is 0 Å². The summed E-state index contributed by atoms with van der Waals surface area (Å²) in [5.41, 5.74) is 0. The quantitative estimate of drug-likeness (QED) is 0.535. The van der Waals surface area contributed by atoms with E-state index >= 15 is 0 Å². The molecule has 3 aromatic rings. The maximum Gasteiger partial charge on any atom is 0.127 e. The lowest BCUT2D eigenvalue weighted by Crippen LogP contribution is -1.83. The fourth-order valence-electron chi connectivity index (χ4n) is 1.84. The molecule has 0 aliphatic rings. The van der Waals surface area contributed by atoms with Crippen LogP contribution in [0.2, 0.25) is 0 Å². The molecule has 104 valence electrons. The molecule has 1 nitrogen and oxygen atoms in total. The Morgan fingerprint density at radius 1 is 0.619 bits per heavy atom. The van der Waals surface area contributed by atoms with E-state index in [9.17, 15) is 0 Å². The van der Waals surface area contributed by atoms with Crippen LogP contribution in [0.15, 0.2) is 93.1 Å². The Labute approximate surface area is 137 Å². The maximum absolute atomic E-state index is 5.78. The topological polar surface area (TPSA) is 9.23 Å². The summed E-state index contributed by atoms with van der Waals surface area (Å²) in [7, 11) is 0. The van der Waals surface area contributed by atoms with E-state index in [0.717, 1.165) is 16.0 Å². The molecular formula is C18H13BrOS. The predicted molar refractivity (Wildman–Crippen MR) is 91.2 cm³/mol. The van der Waals surface area contributed by atoms with Crippen molar-refractivity contribution < 1.29 is 4.74 Å². The van der Waals surface area contributed by atoms with E-state index in [1.807, 2.05) is 42.5 Å². The van der Waals surface area contributed by atoms with Crippen LogP contribution in [0.1, 0.15) is 0 Å². The largest absolute Gasteiger partial charge is 0.457 e. The molecule has 0 saturated carbocycles. The first-order valence-corrected chi connectivity index (χ1v) is 8.17. The lowest BCUT2D eigenvalue weighted by atomic mass is 10.3. The summed E-state index contributed by atoms with van der Waals surface area (Å²) in [5.74, 6) is 1.70. The molecule has 0 atom stereocenters. The Balaban J connectivity index is 1.68. The monoisotopic (exact) mass is 356 g/mol. The van der Waals surface area contributed by atoms with Gasteiger partial charge >= 0.3 is 0 Å². The molecule has 0 amide bonds. The van der Waals surface area contributed by atoms with Crippen LogP contribution in [-0.4, -0.2) is 0 Å². The van der Waals surface area contributed by atoms with Gasteiger partial charge in [-0.3, -0.25) is 0 Å². The van der Waals surface area contributed by atoms with Gasteiger partial charge in [0.25, 0.3) is 0 Å². The zero-order chi connectivity index (χ0) is 14.5. The van der Waals surface area contributed by atoms with Gasteiger partial charge in [-0.2, -0.15) is 0 Å². The van der Waals surface area contributed by atoms with Crippen LogP contribution < -0.4 is 4.74 Å². The van der Waals surface area contributed by atoms with Crippen molar-refractivity contribution in [3.05, 3.63) is 83.3 Å². The summed E-state index contributed by atoms with van der Waals surface area (Å²) >= 11 is 5.18. The molecule has 0 aromatic heterocycles. The molecule has 3 heteroatoms. The summed E-state index contributed by atoms with van der Waals surface area (Å²) in [6.45, 7) is 0. The minimum absolute atomic E-state index is 0.848. The number of ether oxygens (including phenoxy) is 1. The second-order valence-corrected chi connectivity index (χ2v) is 6.51. The number of hydrogen-bond acceptors (Lipinski definition) is 2. The van der Waals surface area contributed by atoms with Gasteiger partial charge in [-0.1, -0.05) is 45.9 Å². The fraction of sp³-hybridized carbons (Fsp3) is 0. The smallest absolute Gasteiger partial charge is 0.127 e. The summed E-state index contributed by atoms with van der Waals surface area (Å²) in [6.07, 6.45) is 0. The molecule has 0 heterocycles. The second-order valence-electron chi connectivity index (χ2n) is 4.44. The highest BCUT2D eigenvalue weighted by Crippen LogP contribution is 2.30. The van der Waals surface area contributed by atoms with Gasteiger partial charge in [-0.15, -0.1) is 0 Å². The first-order chi connectivity index (χ1) is 10.3. The zero-order valence-electron chi connectivity index (χ0n) is 11.2. The third-order valence-corrected chi connectivity index (χ3v) is 4.40. The van der Waals surface area contributed by atoms with E-state index < -0.39 is 0 Å². The third-order valence-electron chi connectivity index (χ3n) is 2.85. The van der Waals surface area contributed by atoms with Crippen molar-refractivity contribution in [1.29, 1.82) is 0 Å². The molecule has 0 fully saturated rings. The average Bonchev–Trinajstić information content (AvgIpc) is 2.53. The SMILES string of the molecule is Brc1ccc(Sc2ccc(Oc3ccccc3)cc2)cc1. The summed E-state index contributed by atoms with van der Waals surface area (Å²) in [6, 6.07) is 26.2. The molecule has 21 heavy (non-hydrogen) atoms. The molecule has 3 aromatic carbocycles. The van der Waals surface area contributed by atoms with E-state index in [1.165, 1.54) is 9.79 Å². The first kappa shape index (κ1) is 14.2. The minimum Gasteiger partial charge on any atom is -0.457 e. The van der Waals surface area contributed by atoms with Gasteiger partial charge in [0.1, 0.15) is 11.5 Å². The van der Waals surface area contributed by atoms with Gasteiger partial charge in [0, 0.05) is 14.3 Å². The summed E-state index contributed by atoms with van der Waals surface area (Å²) < 4.78 is 6.88. The van der Waals surface area contributed by atoms with Gasteiger partial charge < -0.3 is 4.74 Å². The van der Waals surface area contributed by atoms with Crippen molar-refractivity contribution >= 4 is 27.7 Å². The second kappa shape index (κ2) is 6.83. The Bertz CT molecular complexity index is 694. The van der Waals surface area contributed by atoms with Crippen molar-refractivity contribution in [2.24, 2.45) is 0 Å². The van der Waals surface area contributed by atoms with Crippen LogP contribution in [0, 0.1) is 0 Å². The highest BCUT2D eigenvalue weighted by molar-refractivity contribution is 9.10. The zero-order valence-corrected chi connectivity index (χ0v) is 13.6. The molecule has 3 rings (SSSR count). The van der Waals surface area contributed by atoms with Crippen molar-refractivity contribution in [2.75, 3.05) is 0 Å². The summed E-state index contributed by atoms with van der Waals surface area (Å²) in [5, 5.41) is 0. The van der Waals surface area contributed by atoms with Crippen LogP contribution >= 0.6 is 27.7 Å². The number of benzene rings is 3. The molecule has 0 aliphatic heterocycles. The van der Waals surface area contributed by atoms with Gasteiger partial charge in [0.15, 0.2) is 0 Å². The van der Waals surface area contributed by atoms with Crippen molar-refractivity contribution in [3.63, 3.8) is 0 Å². The Morgan fingerprint density at radius 2 is 1.14 bits per heavy atom. The average molecular weight is 357 g/mol. The number of para-hydroxylation sites is 1. The predicted octanol–water partition coefficient (Wildman–Crippen LogP) is 6.39. The highest BCUT2D eigenvalue weighted by Gasteiger charge is 2.00. The van der Waals surface area contributed by atoms with E-state index in [-0.39, 0.29) is 0 Å². The Kier molecular flexibility index (Phi) is 4.63. The number of halogens is 1. The number of rotatable bonds is 4. The van der Waals surface area contributed by atoms with E-state index in [4.69, 9.17) is 4.74 Å². The molecule has 0 aliphatic carbocycles. The highest BCUT2D eigenvalue weighted by atomic mass is 79.9. The number of hydrogen-bond donors (Lipinski definition) is 0. The molecular weight excluding hydrogens is 344 g/mol. The van der Waals surface area contributed by atoms with Gasteiger partial charge in [-0.25, -0.2) is 0 Å². The maximum atomic E-state index is 5.78. The molecule has 0 saturated heterocycles. The van der Waals surface area contributed by atoms with Crippen molar-refractivity contribution in [2.45, 2.75) is 9.79 Å². The molecule has 0 bridgehead atoms. The van der Waals surface area contributed by atoms with Gasteiger partial charge in [0.05, 0.1) is 0 Å². The van der Waals surface area contributed by atoms with Crippen LogP contribution in [0.5, 0.6) is 11.5 Å². The molecule has 0 radical (unpaired) electrons. The first-order valence-electron chi connectivity index (χ1n) is 6.56. The van der Waals surface area contributed by atoms with Crippen molar-refractivity contribution in [1.82, 2.24) is 0 Å². The normalized spacial score (nSPS) is 10.3. The van der Waals surface area contributed by atoms with Gasteiger partial charge in [0.2, 0.25) is 0 Å². The van der Waals surface area contributed by atoms with E-state index in [2.05, 4.69) is 52.3 Å². The summed E-state index contributed by atoms with van der Waals surface area (Å²) in [4.78, 5) is 2.41. The van der Waals surface area contributed by atoms with Gasteiger partial charge in [-0.05, 0) is 60.7 Å². The van der Waals surface area contributed by atoms with Crippen LogP contribution in [0.4, 0.5) is 0 Å². The van der Waals surface area contributed by atoms with Crippen LogP contribution in [0.3, 0.4) is 0 Å².